The number of hydrogen-bond donors (Lipinski definition) is 1. The van der Waals surface area contributed by atoms with Crippen LogP contribution in [0.15, 0.2) is 18.2 Å². The van der Waals surface area contributed by atoms with Gasteiger partial charge in [0.1, 0.15) is 11.5 Å². The van der Waals surface area contributed by atoms with E-state index in [0.717, 1.165) is 17.1 Å². The van der Waals surface area contributed by atoms with Gasteiger partial charge in [0.15, 0.2) is 0 Å². The maximum Gasteiger partial charge on any atom is 0.122 e. The number of rotatable bonds is 3. The van der Waals surface area contributed by atoms with Gasteiger partial charge in [-0.05, 0) is 23.6 Å². The Morgan fingerprint density at radius 1 is 1.19 bits per heavy atom. The van der Waals surface area contributed by atoms with E-state index in [4.69, 9.17) is 15.2 Å². The Hall–Kier alpha value is -1.22. The third kappa shape index (κ3) is 1.55. The molecule has 0 heterocycles. The third-order valence-electron chi connectivity index (χ3n) is 3.68. The van der Waals surface area contributed by atoms with Crippen molar-refractivity contribution in [3.05, 3.63) is 23.8 Å². The van der Waals surface area contributed by atoms with Crippen LogP contribution in [0.25, 0.3) is 0 Å². The van der Waals surface area contributed by atoms with E-state index in [1.807, 2.05) is 18.2 Å². The van der Waals surface area contributed by atoms with Gasteiger partial charge in [-0.15, -0.1) is 0 Å². The summed E-state index contributed by atoms with van der Waals surface area (Å²) in [6.45, 7) is 4.36. The van der Waals surface area contributed by atoms with Crippen molar-refractivity contribution in [1.82, 2.24) is 0 Å². The average Bonchev–Trinajstić information content (AvgIpc) is 2.77. The number of ether oxygens (including phenoxy) is 2. The van der Waals surface area contributed by atoms with Crippen LogP contribution in [0, 0.1) is 5.41 Å². The molecule has 1 aromatic carbocycles. The molecule has 0 radical (unpaired) electrons. The van der Waals surface area contributed by atoms with Crippen molar-refractivity contribution in [3.8, 4) is 11.5 Å². The molecule has 2 N–H and O–H groups in total. The molecule has 3 nitrogen and oxygen atoms in total. The van der Waals surface area contributed by atoms with Crippen molar-refractivity contribution >= 4 is 0 Å². The summed E-state index contributed by atoms with van der Waals surface area (Å²) in [7, 11) is 3.36. The molecular weight excluding hydrogens is 202 g/mol. The number of nitrogens with two attached hydrogens (primary N) is 1. The summed E-state index contributed by atoms with van der Waals surface area (Å²) in [5.41, 5.74) is 7.40. The monoisotopic (exact) mass is 221 g/mol. The van der Waals surface area contributed by atoms with Crippen molar-refractivity contribution in [3.63, 3.8) is 0 Å². The fraction of sp³-hybridized carbons (Fsp3) is 0.538. The Balaban J connectivity index is 2.39. The van der Waals surface area contributed by atoms with E-state index < -0.39 is 0 Å². The number of benzene rings is 1. The third-order valence-corrected chi connectivity index (χ3v) is 3.68. The van der Waals surface area contributed by atoms with Crippen LogP contribution in [-0.2, 0) is 0 Å². The molecule has 88 valence electrons. The predicted molar refractivity (Wildman–Crippen MR) is 64.0 cm³/mol. The zero-order valence-electron chi connectivity index (χ0n) is 10.3. The maximum atomic E-state index is 6.10. The molecule has 0 unspecified atom stereocenters. The molecule has 0 aliphatic heterocycles. The highest BCUT2D eigenvalue weighted by molar-refractivity contribution is 5.48. The van der Waals surface area contributed by atoms with Gasteiger partial charge in [-0.1, -0.05) is 13.8 Å². The van der Waals surface area contributed by atoms with Gasteiger partial charge in [0.25, 0.3) is 0 Å². The van der Waals surface area contributed by atoms with E-state index in [1.54, 1.807) is 14.2 Å². The molecule has 1 aromatic rings. The summed E-state index contributed by atoms with van der Waals surface area (Å²) in [6, 6.07) is 6.07. The van der Waals surface area contributed by atoms with E-state index in [1.165, 1.54) is 0 Å². The van der Waals surface area contributed by atoms with Crippen LogP contribution < -0.4 is 15.2 Å². The lowest BCUT2D eigenvalue weighted by Gasteiger charge is -2.11. The zero-order chi connectivity index (χ0) is 11.9. The molecule has 2 rings (SSSR count). The molecule has 0 amide bonds. The van der Waals surface area contributed by atoms with Crippen molar-refractivity contribution in [2.24, 2.45) is 11.1 Å². The topological polar surface area (TPSA) is 44.5 Å². The molecule has 0 spiro atoms. The molecule has 0 saturated heterocycles. The molecule has 1 fully saturated rings. The minimum absolute atomic E-state index is 0.152. The van der Waals surface area contributed by atoms with Gasteiger partial charge < -0.3 is 15.2 Å². The largest absolute Gasteiger partial charge is 0.497 e. The second-order valence-corrected chi connectivity index (χ2v) is 4.93. The van der Waals surface area contributed by atoms with Gasteiger partial charge in [0.05, 0.1) is 14.2 Å². The van der Waals surface area contributed by atoms with Gasteiger partial charge in [-0.2, -0.15) is 0 Å². The number of methoxy groups -OCH3 is 2. The highest BCUT2D eigenvalue weighted by Crippen LogP contribution is 2.59. The van der Waals surface area contributed by atoms with Crippen LogP contribution in [0.1, 0.15) is 25.3 Å². The summed E-state index contributed by atoms with van der Waals surface area (Å²) in [6.07, 6.45) is 0. The summed E-state index contributed by atoms with van der Waals surface area (Å²) in [5.74, 6) is 2.11. The van der Waals surface area contributed by atoms with E-state index >= 15 is 0 Å². The molecule has 1 aliphatic rings. The lowest BCUT2D eigenvalue weighted by Crippen LogP contribution is -2.06. The molecule has 1 aliphatic carbocycles. The maximum absolute atomic E-state index is 6.10. The summed E-state index contributed by atoms with van der Waals surface area (Å²) >= 11 is 0. The molecule has 3 heteroatoms. The fourth-order valence-corrected chi connectivity index (χ4v) is 2.35. The lowest BCUT2D eigenvalue weighted by atomic mass is 10.0. The predicted octanol–water partition coefficient (Wildman–Crippen LogP) is 2.15. The second kappa shape index (κ2) is 3.67. The van der Waals surface area contributed by atoms with Crippen molar-refractivity contribution in [2.75, 3.05) is 14.2 Å². The van der Waals surface area contributed by atoms with Crippen molar-refractivity contribution in [2.45, 2.75) is 25.8 Å². The Bertz CT molecular complexity index is 401. The summed E-state index contributed by atoms with van der Waals surface area (Å²) < 4.78 is 10.6. The zero-order valence-corrected chi connectivity index (χ0v) is 10.3. The van der Waals surface area contributed by atoms with Gasteiger partial charge in [-0.25, -0.2) is 0 Å². The second-order valence-electron chi connectivity index (χ2n) is 4.93. The summed E-state index contributed by atoms with van der Waals surface area (Å²) in [4.78, 5) is 0. The van der Waals surface area contributed by atoms with Gasteiger partial charge in [0.2, 0.25) is 0 Å². The summed E-state index contributed by atoms with van der Waals surface area (Å²) in [5, 5.41) is 0. The van der Waals surface area contributed by atoms with Gasteiger partial charge >= 0.3 is 0 Å². The van der Waals surface area contributed by atoms with Crippen molar-refractivity contribution < 1.29 is 9.47 Å². The Labute approximate surface area is 96.5 Å². The standard InChI is InChI=1S/C13H19NO2/c1-13(2)11(12(13)14)9-7-8(15-3)5-6-10(9)16-4/h5-7,11-12H,14H2,1-4H3/t11-,12-/m0/s1. The molecular formula is C13H19NO2. The first-order valence-electron chi connectivity index (χ1n) is 5.50. The van der Waals surface area contributed by atoms with Crippen LogP contribution in [-0.4, -0.2) is 20.3 Å². The first-order valence-corrected chi connectivity index (χ1v) is 5.50. The van der Waals surface area contributed by atoms with Crippen LogP contribution >= 0.6 is 0 Å². The first-order chi connectivity index (χ1) is 7.52. The lowest BCUT2D eigenvalue weighted by molar-refractivity contribution is 0.397. The van der Waals surface area contributed by atoms with E-state index in [0.29, 0.717) is 5.92 Å². The van der Waals surface area contributed by atoms with Gasteiger partial charge in [-0.3, -0.25) is 0 Å². The van der Waals surface area contributed by atoms with Crippen molar-refractivity contribution in [1.29, 1.82) is 0 Å². The smallest absolute Gasteiger partial charge is 0.122 e. The van der Waals surface area contributed by atoms with Gasteiger partial charge in [0, 0.05) is 17.5 Å². The molecule has 0 aromatic heterocycles. The fourth-order valence-electron chi connectivity index (χ4n) is 2.35. The minimum Gasteiger partial charge on any atom is -0.497 e. The molecule has 16 heavy (non-hydrogen) atoms. The Morgan fingerprint density at radius 2 is 1.81 bits per heavy atom. The van der Waals surface area contributed by atoms with Crippen LogP contribution in [0.5, 0.6) is 11.5 Å². The molecule has 0 bridgehead atoms. The first kappa shape index (κ1) is 11.3. The minimum atomic E-state index is 0.152. The Morgan fingerprint density at radius 3 is 2.25 bits per heavy atom. The molecule has 1 saturated carbocycles. The normalized spacial score (nSPS) is 26.3. The van der Waals surface area contributed by atoms with E-state index in [-0.39, 0.29) is 11.5 Å². The van der Waals surface area contributed by atoms with Crippen LogP contribution in [0.2, 0.25) is 0 Å². The number of hydrogen-bond acceptors (Lipinski definition) is 3. The van der Waals surface area contributed by atoms with E-state index in [2.05, 4.69) is 13.8 Å². The van der Waals surface area contributed by atoms with E-state index in [9.17, 15) is 0 Å². The van der Waals surface area contributed by atoms with Crippen LogP contribution in [0.4, 0.5) is 0 Å². The van der Waals surface area contributed by atoms with Crippen LogP contribution in [0.3, 0.4) is 0 Å². The SMILES string of the molecule is COc1ccc(OC)c([C@H]2[C@H](N)C2(C)C)c1. The average molecular weight is 221 g/mol. The highest BCUT2D eigenvalue weighted by Gasteiger charge is 2.57. The Kier molecular flexibility index (Phi) is 2.58. The molecule has 2 atom stereocenters. The quantitative estimate of drug-likeness (QED) is 0.850. The highest BCUT2D eigenvalue weighted by atomic mass is 16.5.